The van der Waals surface area contributed by atoms with Gasteiger partial charge in [-0.1, -0.05) is 6.08 Å². The molecule has 0 aliphatic rings. The zero-order chi connectivity index (χ0) is 18.9. The quantitative estimate of drug-likeness (QED) is 0.439. The maximum absolute atomic E-state index is 12.2. The maximum Gasteiger partial charge on any atom is 0.408 e. The first-order chi connectivity index (χ1) is 10.9. The van der Waals surface area contributed by atoms with E-state index in [4.69, 9.17) is 10.5 Å². The van der Waals surface area contributed by atoms with Crippen LogP contribution in [0.15, 0.2) is 12.2 Å². The summed E-state index contributed by atoms with van der Waals surface area (Å²) in [5.41, 5.74) is 4.34. The molecule has 0 saturated carbocycles. The van der Waals surface area contributed by atoms with Crippen molar-refractivity contribution in [3.8, 4) is 0 Å². The second-order valence-corrected chi connectivity index (χ2v) is 6.05. The van der Waals surface area contributed by atoms with Crippen LogP contribution >= 0.6 is 0 Å². The fraction of sp³-hybridized carbons (Fsp3) is 0.600. The fourth-order valence-corrected chi connectivity index (χ4v) is 1.52. The second kappa shape index (κ2) is 9.53. The van der Waals surface area contributed by atoms with Crippen LogP contribution in [-0.2, 0) is 23.9 Å². The Bertz CT molecular complexity index is 510. The van der Waals surface area contributed by atoms with Gasteiger partial charge in [0.25, 0.3) is 0 Å². The number of hydrogen-bond donors (Lipinski definition) is 3. The van der Waals surface area contributed by atoms with E-state index in [1.54, 1.807) is 27.7 Å². The molecule has 4 N–H and O–H groups in total. The fourth-order valence-electron chi connectivity index (χ4n) is 1.52. The minimum Gasteiger partial charge on any atom is -0.466 e. The summed E-state index contributed by atoms with van der Waals surface area (Å²) < 4.78 is 9.47. The summed E-state index contributed by atoms with van der Waals surface area (Å²) >= 11 is 0. The van der Waals surface area contributed by atoms with Crippen molar-refractivity contribution in [3.05, 3.63) is 12.2 Å². The molecule has 0 fully saturated rings. The van der Waals surface area contributed by atoms with Crippen LogP contribution in [0.4, 0.5) is 4.79 Å². The molecule has 0 aromatic heterocycles. The molecule has 0 saturated heterocycles. The highest BCUT2D eigenvalue weighted by atomic mass is 16.6. The molecule has 0 unspecified atom stereocenters. The summed E-state index contributed by atoms with van der Waals surface area (Å²) in [5.74, 6) is -1.97. The predicted molar refractivity (Wildman–Crippen MR) is 85.7 cm³/mol. The number of esters is 1. The average Bonchev–Trinajstić information content (AvgIpc) is 2.41. The van der Waals surface area contributed by atoms with Gasteiger partial charge in [-0.2, -0.15) is 0 Å². The molecule has 0 aliphatic carbocycles. The van der Waals surface area contributed by atoms with Crippen LogP contribution in [0.3, 0.4) is 0 Å². The van der Waals surface area contributed by atoms with Crippen LogP contribution in [0.2, 0.25) is 0 Å². The molecule has 3 amide bonds. The van der Waals surface area contributed by atoms with E-state index < -0.39 is 48.0 Å². The first kappa shape index (κ1) is 21.4. The van der Waals surface area contributed by atoms with Gasteiger partial charge in [-0.15, -0.1) is 0 Å². The number of rotatable bonds is 7. The molecular formula is C15H25N3O6. The molecule has 0 aromatic rings. The molecule has 0 bridgehead atoms. The number of methoxy groups -OCH3 is 1. The number of hydrogen-bond acceptors (Lipinski definition) is 6. The Hall–Kier alpha value is -2.58. The number of ether oxygens (including phenoxy) is 2. The Kier molecular flexibility index (Phi) is 8.51. The lowest BCUT2D eigenvalue weighted by molar-refractivity contribution is -0.135. The van der Waals surface area contributed by atoms with Gasteiger partial charge < -0.3 is 25.8 Å². The van der Waals surface area contributed by atoms with Crippen molar-refractivity contribution in [1.82, 2.24) is 10.6 Å². The number of amides is 3. The van der Waals surface area contributed by atoms with Crippen LogP contribution in [0.5, 0.6) is 0 Å². The highest BCUT2D eigenvalue weighted by Crippen LogP contribution is 2.07. The van der Waals surface area contributed by atoms with Gasteiger partial charge in [-0.05, 0) is 27.7 Å². The van der Waals surface area contributed by atoms with Crippen molar-refractivity contribution in [1.29, 1.82) is 0 Å². The molecule has 0 spiro atoms. The van der Waals surface area contributed by atoms with E-state index in [2.05, 4.69) is 15.4 Å². The van der Waals surface area contributed by atoms with E-state index in [1.807, 2.05) is 0 Å². The Morgan fingerprint density at radius 1 is 1.17 bits per heavy atom. The van der Waals surface area contributed by atoms with Gasteiger partial charge in [-0.25, -0.2) is 9.59 Å². The van der Waals surface area contributed by atoms with Crippen molar-refractivity contribution in [2.24, 2.45) is 5.73 Å². The standard InChI is InChI=1S/C15H25N3O6/c1-9(6-7-12(20)23-5)17-13(21)10(8-11(16)19)18-14(22)24-15(2,3)4/h6-7,9-10H,8H2,1-5H3,(H2,16,19)(H,17,21)(H,18,22)/b7-6+/t9-,10+/m0/s1. The van der Waals surface area contributed by atoms with Crippen LogP contribution in [0.1, 0.15) is 34.1 Å². The van der Waals surface area contributed by atoms with Crippen LogP contribution in [-0.4, -0.2) is 48.7 Å². The summed E-state index contributed by atoms with van der Waals surface area (Å²) in [6, 6.07) is -1.72. The number of carbonyl (C=O) groups is 4. The zero-order valence-electron chi connectivity index (χ0n) is 14.5. The molecule has 136 valence electrons. The number of primary amides is 1. The number of alkyl carbamates (subject to hydrolysis) is 1. The number of carbonyl (C=O) groups excluding carboxylic acids is 4. The van der Waals surface area contributed by atoms with Crippen molar-refractivity contribution in [3.63, 3.8) is 0 Å². The third-order valence-electron chi connectivity index (χ3n) is 2.50. The van der Waals surface area contributed by atoms with Gasteiger partial charge in [0, 0.05) is 12.1 Å². The molecule has 0 aliphatic heterocycles. The van der Waals surface area contributed by atoms with Gasteiger partial charge >= 0.3 is 12.1 Å². The number of nitrogens with two attached hydrogens (primary N) is 1. The second-order valence-electron chi connectivity index (χ2n) is 6.05. The lowest BCUT2D eigenvalue weighted by Crippen LogP contribution is -2.51. The van der Waals surface area contributed by atoms with E-state index in [1.165, 1.54) is 13.2 Å². The topological polar surface area (TPSA) is 137 Å². The molecule has 0 heterocycles. The van der Waals surface area contributed by atoms with Gasteiger partial charge in [0.05, 0.1) is 13.5 Å². The first-order valence-corrected chi connectivity index (χ1v) is 7.29. The largest absolute Gasteiger partial charge is 0.466 e. The van der Waals surface area contributed by atoms with Gasteiger partial charge in [0.1, 0.15) is 11.6 Å². The predicted octanol–water partition coefficient (Wildman–Crippen LogP) is -0.0110. The third-order valence-corrected chi connectivity index (χ3v) is 2.50. The van der Waals surface area contributed by atoms with Crippen LogP contribution < -0.4 is 16.4 Å². The molecule has 0 aromatic carbocycles. The lowest BCUT2D eigenvalue weighted by atomic mass is 10.1. The van der Waals surface area contributed by atoms with E-state index in [0.29, 0.717) is 0 Å². The van der Waals surface area contributed by atoms with Crippen molar-refractivity contribution < 1.29 is 28.7 Å². The Morgan fingerprint density at radius 2 is 1.75 bits per heavy atom. The van der Waals surface area contributed by atoms with Gasteiger partial charge in [0.15, 0.2) is 0 Å². The van der Waals surface area contributed by atoms with Crippen LogP contribution in [0, 0.1) is 0 Å². The average molecular weight is 343 g/mol. The van der Waals surface area contributed by atoms with E-state index in [0.717, 1.165) is 6.08 Å². The molecule has 9 nitrogen and oxygen atoms in total. The molecular weight excluding hydrogens is 318 g/mol. The van der Waals surface area contributed by atoms with Crippen molar-refractivity contribution >= 4 is 23.9 Å². The monoisotopic (exact) mass is 343 g/mol. The first-order valence-electron chi connectivity index (χ1n) is 7.29. The minimum atomic E-state index is -1.19. The van der Waals surface area contributed by atoms with E-state index >= 15 is 0 Å². The van der Waals surface area contributed by atoms with Crippen molar-refractivity contribution in [2.45, 2.75) is 51.8 Å². The molecule has 0 radical (unpaired) electrons. The maximum atomic E-state index is 12.2. The highest BCUT2D eigenvalue weighted by Gasteiger charge is 2.26. The smallest absolute Gasteiger partial charge is 0.408 e. The Labute approximate surface area is 140 Å². The number of nitrogens with one attached hydrogen (secondary N) is 2. The third kappa shape index (κ3) is 10.2. The zero-order valence-corrected chi connectivity index (χ0v) is 14.5. The Morgan fingerprint density at radius 3 is 2.21 bits per heavy atom. The van der Waals surface area contributed by atoms with Crippen molar-refractivity contribution in [2.75, 3.05) is 7.11 Å². The van der Waals surface area contributed by atoms with Gasteiger partial charge in [-0.3, -0.25) is 9.59 Å². The molecule has 0 rings (SSSR count). The highest BCUT2D eigenvalue weighted by molar-refractivity contribution is 5.90. The summed E-state index contributed by atoms with van der Waals surface area (Å²) in [7, 11) is 1.23. The summed E-state index contributed by atoms with van der Waals surface area (Å²) in [4.78, 5) is 46.0. The van der Waals surface area contributed by atoms with E-state index in [-0.39, 0.29) is 0 Å². The van der Waals surface area contributed by atoms with Crippen LogP contribution in [0.25, 0.3) is 0 Å². The summed E-state index contributed by atoms with van der Waals surface area (Å²) in [6.45, 7) is 6.59. The Balaban J connectivity index is 4.82. The lowest BCUT2D eigenvalue weighted by Gasteiger charge is -2.23. The minimum absolute atomic E-state index is 0.390. The normalized spacial score (nSPS) is 13.7. The SMILES string of the molecule is COC(=O)/C=C/[C@H](C)NC(=O)[C@@H](CC(N)=O)NC(=O)OC(C)(C)C. The summed E-state index contributed by atoms with van der Waals surface area (Å²) in [5, 5.41) is 4.82. The van der Waals surface area contributed by atoms with E-state index in [9.17, 15) is 19.2 Å². The molecule has 2 atom stereocenters. The summed E-state index contributed by atoms with van der Waals surface area (Å²) in [6.07, 6.45) is 1.31. The molecule has 24 heavy (non-hydrogen) atoms. The molecule has 9 heteroatoms. The van der Waals surface area contributed by atoms with Gasteiger partial charge in [0.2, 0.25) is 11.8 Å².